The molecule has 1 N–H and O–H groups in total. The highest BCUT2D eigenvalue weighted by Gasteiger charge is 2.16. The number of carbonyl (C=O) groups excluding carboxylic acids is 2. The van der Waals surface area contributed by atoms with Crippen LogP contribution in [0.3, 0.4) is 0 Å². The Balaban J connectivity index is 1.64. The van der Waals surface area contributed by atoms with Crippen molar-refractivity contribution in [3.05, 3.63) is 96.1 Å². The average Bonchev–Trinajstić information content (AvgIpc) is 2.87. The number of esters is 1. The minimum atomic E-state index is -0.578. The van der Waals surface area contributed by atoms with Crippen molar-refractivity contribution in [2.75, 3.05) is 20.3 Å². The summed E-state index contributed by atoms with van der Waals surface area (Å²) >= 11 is 0. The molecule has 8 heteroatoms. The quantitative estimate of drug-likeness (QED) is 0.169. The maximum atomic E-state index is 12.7. The maximum Gasteiger partial charge on any atom is 0.333 e. The minimum absolute atomic E-state index is 0.111. The zero-order chi connectivity index (χ0) is 25.2. The zero-order valence-corrected chi connectivity index (χ0v) is 19.5. The molecule has 0 aromatic heterocycles. The largest absolute Gasteiger partial charge is 0.507 e. The lowest BCUT2D eigenvalue weighted by molar-refractivity contribution is -0.148. The SMILES string of the molecule is C=C(C)C(=O)OC(COC)COc1ccc(N=Nc2ccc(O)c(C(=O)c3ccccc3)c2)cc1. The van der Waals surface area contributed by atoms with Gasteiger partial charge in [-0.15, -0.1) is 0 Å². The van der Waals surface area contributed by atoms with Gasteiger partial charge in [0.25, 0.3) is 0 Å². The van der Waals surface area contributed by atoms with Crippen LogP contribution in [-0.2, 0) is 14.3 Å². The first-order valence-corrected chi connectivity index (χ1v) is 10.8. The molecule has 1 unspecified atom stereocenters. The zero-order valence-electron chi connectivity index (χ0n) is 19.5. The van der Waals surface area contributed by atoms with Gasteiger partial charge in [-0.25, -0.2) is 4.79 Å². The summed E-state index contributed by atoms with van der Waals surface area (Å²) in [7, 11) is 1.51. The summed E-state index contributed by atoms with van der Waals surface area (Å²) in [5.41, 5.74) is 1.89. The van der Waals surface area contributed by atoms with Crippen LogP contribution in [0.1, 0.15) is 22.8 Å². The van der Waals surface area contributed by atoms with Crippen LogP contribution in [0.25, 0.3) is 0 Å². The summed E-state index contributed by atoms with van der Waals surface area (Å²) in [5.74, 6) is -0.381. The molecule has 0 saturated carbocycles. The summed E-state index contributed by atoms with van der Waals surface area (Å²) in [6.45, 7) is 5.43. The molecule has 180 valence electrons. The number of hydrogen-bond donors (Lipinski definition) is 1. The summed E-state index contributed by atoms with van der Waals surface area (Å²) in [4.78, 5) is 24.4. The molecular formula is C27H26N2O6. The van der Waals surface area contributed by atoms with Crippen LogP contribution in [-0.4, -0.2) is 43.3 Å². The third-order valence-electron chi connectivity index (χ3n) is 4.79. The standard InChI is InChI=1S/C27H26N2O6/c1-18(2)27(32)35-23(16-33-3)17-34-22-12-9-20(10-13-22)28-29-21-11-14-25(30)24(15-21)26(31)19-7-5-4-6-8-19/h4-15,23,30H,1,16-17H2,2-3H3. The number of aromatic hydroxyl groups is 1. The maximum absolute atomic E-state index is 12.7. The van der Waals surface area contributed by atoms with Crippen molar-refractivity contribution in [2.45, 2.75) is 13.0 Å². The van der Waals surface area contributed by atoms with Gasteiger partial charge in [0.15, 0.2) is 11.9 Å². The Kier molecular flexibility index (Phi) is 8.86. The van der Waals surface area contributed by atoms with Gasteiger partial charge >= 0.3 is 5.97 Å². The normalized spacial score (nSPS) is 11.7. The van der Waals surface area contributed by atoms with Gasteiger partial charge in [-0.3, -0.25) is 4.79 Å². The summed E-state index contributed by atoms with van der Waals surface area (Å²) in [5, 5.41) is 18.5. The van der Waals surface area contributed by atoms with Crippen LogP contribution < -0.4 is 4.74 Å². The van der Waals surface area contributed by atoms with Gasteiger partial charge < -0.3 is 19.3 Å². The molecule has 3 rings (SSSR count). The fraction of sp³-hybridized carbons (Fsp3) is 0.185. The van der Waals surface area contributed by atoms with Crippen LogP contribution >= 0.6 is 0 Å². The van der Waals surface area contributed by atoms with Gasteiger partial charge in [0, 0.05) is 18.2 Å². The molecule has 3 aromatic carbocycles. The molecule has 0 heterocycles. The molecule has 0 fully saturated rings. The molecule has 0 saturated heterocycles. The molecule has 35 heavy (non-hydrogen) atoms. The first kappa shape index (κ1) is 25.3. The first-order chi connectivity index (χ1) is 16.9. The molecule has 0 spiro atoms. The summed E-state index contributed by atoms with van der Waals surface area (Å²) in [6.07, 6.45) is -0.578. The number of nitrogens with zero attached hydrogens (tertiary/aromatic N) is 2. The van der Waals surface area contributed by atoms with Crippen molar-refractivity contribution >= 4 is 23.1 Å². The van der Waals surface area contributed by atoms with Crippen molar-refractivity contribution in [1.82, 2.24) is 0 Å². The lowest BCUT2D eigenvalue weighted by atomic mass is 10.0. The number of ether oxygens (including phenoxy) is 3. The number of ketones is 1. The second-order valence-corrected chi connectivity index (χ2v) is 7.66. The Morgan fingerprint density at radius 2 is 1.60 bits per heavy atom. The van der Waals surface area contributed by atoms with Gasteiger partial charge in [-0.2, -0.15) is 10.2 Å². The average molecular weight is 475 g/mol. The smallest absolute Gasteiger partial charge is 0.333 e. The van der Waals surface area contributed by atoms with E-state index in [1.165, 1.54) is 19.2 Å². The lowest BCUT2D eigenvalue weighted by Gasteiger charge is -2.17. The number of rotatable bonds is 11. The highest BCUT2D eigenvalue weighted by Crippen LogP contribution is 2.27. The molecule has 0 aliphatic heterocycles. The fourth-order valence-corrected chi connectivity index (χ4v) is 2.98. The molecular weight excluding hydrogens is 448 g/mol. The Morgan fingerprint density at radius 3 is 2.26 bits per heavy atom. The highest BCUT2D eigenvalue weighted by molar-refractivity contribution is 6.11. The lowest BCUT2D eigenvalue weighted by Crippen LogP contribution is -2.29. The number of hydrogen-bond acceptors (Lipinski definition) is 8. The van der Waals surface area contributed by atoms with Crippen molar-refractivity contribution in [1.29, 1.82) is 0 Å². The van der Waals surface area contributed by atoms with Gasteiger partial charge in [-0.05, 0) is 49.4 Å². The predicted octanol–water partition coefficient (Wildman–Crippen LogP) is 5.55. The second-order valence-electron chi connectivity index (χ2n) is 7.66. The molecule has 3 aromatic rings. The minimum Gasteiger partial charge on any atom is -0.507 e. The van der Waals surface area contributed by atoms with Gasteiger partial charge in [0.1, 0.15) is 18.1 Å². The number of azo groups is 1. The van der Waals surface area contributed by atoms with E-state index in [9.17, 15) is 14.7 Å². The predicted molar refractivity (Wildman–Crippen MR) is 131 cm³/mol. The molecule has 0 radical (unpaired) electrons. The van der Waals surface area contributed by atoms with E-state index in [0.717, 1.165) is 0 Å². The van der Waals surface area contributed by atoms with E-state index in [2.05, 4.69) is 16.8 Å². The molecule has 8 nitrogen and oxygen atoms in total. The summed E-state index contributed by atoms with van der Waals surface area (Å²) < 4.78 is 16.0. The number of phenolic OH excluding ortho intramolecular Hbond substituents is 1. The van der Waals surface area contributed by atoms with Crippen LogP contribution in [0.2, 0.25) is 0 Å². The third kappa shape index (κ3) is 7.35. The van der Waals surface area contributed by atoms with Crippen molar-refractivity contribution < 1.29 is 28.9 Å². The molecule has 0 amide bonds. The first-order valence-electron chi connectivity index (χ1n) is 10.8. The molecule has 0 aliphatic rings. The van der Waals surface area contributed by atoms with Crippen molar-refractivity contribution in [2.24, 2.45) is 10.2 Å². The Morgan fingerprint density at radius 1 is 0.943 bits per heavy atom. The number of benzene rings is 3. The summed E-state index contributed by atoms with van der Waals surface area (Å²) in [6, 6.07) is 20.0. The Bertz CT molecular complexity index is 1210. The van der Waals surface area contributed by atoms with Crippen LogP contribution in [0.15, 0.2) is 95.2 Å². The second kappa shape index (κ2) is 12.2. The van der Waals surface area contributed by atoms with E-state index in [1.54, 1.807) is 61.5 Å². The topological polar surface area (TPSA) is 107 Å². The Hall–Kier alpha value is -4.30. The van der Waals surface area contributed by atoms with E-state index in [-0.39, 0.29) is 30.3 Å². The molecule has 0 aliphatic carbocycles. The van der Waals surface area contributed by atoms with Crippen molar-refractivity contribution in [3.63, 3.8) is 0 Å². The third-order valence-corrected chi connectivity index (χ3v) is 4.79. The van der Waals surface area contributed by atoms with Gasteiger partial charge in [0.2, 0.25) is 0 Å². The monoisotopic (exact) mass is 474 g/mol. The van der Waals surface area contributed by atoms with E-state index in [1.807, 2.05) is 6.07 Å². The van der Waals surface area contributed by atoms with E-state index in [4.69, 9.17) is 14.2 Å². The van der Waals surface area contributed by atoms with Gasteiger partial charge in [0.05, 0.1) is 23.5 Å². The van der Waals surface area contributed by atoms with E-state index >= 15 is 0 Å². The van der Waals surface area contributed by atoms with Crippen LogP contribution in [0.5, 0.6) is 11.5 Å². The van der Waals surface area contributed by atoms with Crippen molar-refractivity contribution in [3.8, 4) is 11.5 Å². The number of carbonyl (C=O) groups is 2. The molecule has 1 atom stereocenters. The fourth-order valence-electron chi connectivity index (χ4n) is 2.98. The molecule has 0 bridgehead atoms. The van der Waals surface area contributed by atoms with Crippen LogP contribution in [0.4, 0.5) is 11.4 Å². The van der Waals surface area contributed by atoms with Crippen LogP contribution in [0, 0.1) is 0 Å². The van der Waals surface area contributed by atoms with Gasteiger partial charge in [-0.1, -0.05) is 36.9 Å². The highest BCUT2D eigenvalue weighted by atomic mass is 16.6. The Labute approximate surface area is 203 Å². The van der Waals surface area contributed by atoms with E-state index in [0.29, 0.717) is 28.3 Å². The number of phenols is 1. The number of methoxy groups -OCH3 is 1. The van der Waals surface area contributed by atoms with E-state index < -0.39 is 12.1 Å².